The van der Waals surface area contributed by atoms with E-state index in [9.17, 15) is 4.79 Å². The van der Waals surface area contributed by atoms with Gasteiger partial charge in [0.1, 0.15) is 5.01 Å². The number of ether oxygens (including phenoxy) is 1. The van der Waals surface area contributed by atoms with Crippen LogP contribution in [0.2, 0.25) is 0 Å². The maximum Gasteiger partial charge on any atom is 0.228 e. The van der Waals surface area contributed by atoms with Crippen LogP contribution in [0.5, 0.6) is 0 Å². The third kappa shape index (κ3) is 3.84. The normalized spacial score (nSPS) is 20.8. The van der Waals surface area contributed by atoms with Gasteiger partial charge in [-0.2, -0.15) is 0 Å². The number of carbonyl (C=O) groups is 1. The summed E-state index contributed by atoms with van der Waals surface area (Å²) in [5, 5.41) is 3.00. The molecule has 24 heavy (non-hydrogen) atoms. The maximum atomic E-state index is 13.0. The van der Waals surface area contributed by atoms with Crippen LogP contribution in [0.15, 0.2) is 29.6 Å². The second-order valence-corrected chi connectivity index (χ2v) is 7.47. The Hall–Kier alpha value is -1.72. The van der Waals surface area contributed by atoms with Gasteiger partial charge in [-0.05, 0) is 32.3 Å². The van der Waals surface area contributed by atoms with Gasteiger partial charge in [0.2, 0.25) is 5.91 Å². The van der Waals surface area contributed by atoms with Crippen molar-refractivity contribution in [1.82, 2.24) is 9.88 Å². The highest BCUT2D eigenvalue weighted by Crippen LogP contribution is 2.35. The number of hydrogen-bond acceptors (Lipinski definition) is 4. The summed E-state index contributed by atoms with van der Waals surface area (Å²) in [6, 6.07) is 8.32. The molecule has 0 spiro atoms. The lowest BCUT2D eigenvalue weighted by molar-refractivity contribution is -0.144. The van der Waals surface area contributed by atoms with E-state index < -0.39 is 0 Å². The summed E-state index contributed by atoms with van der Waals surface area (Å²) in [6.07, 6.45) is 1.66. The van der Waals surface area contributed by atoms with Crippen LogP contribution in [0.25, 0.3) is 0 Å². The summed E-state index contributed by atoms with van der Waals surface area (Å²) in [5.74, 6) is 0.0284. The zero-order valence-electron chi connectivity index (χ0n) is 14.5. The monoisotopic (exact) mass is 344 g/mol. The number of hydrogen-bond donors (Lipinski definition) is 0. The van der Waals surface area contributed by atoms with Crippen LogP contribution in [0.4, 0.5) is 0 Å². The quantitative estimate of drug-likeness (QED) is 0.845. The SMILES string of the molecule is Cc1ccc([C@H]2OCCC[C@H]2C(=O)N(C)Cc2nc(C)cs2)cc1. The van der Waals surface area contributed by atoms with Gasteiger partial charge >= 0.3 is 0 Å². The molecule has 4 nitrogen and oxygen atoms in total. The molecule has 1 aromatic heterocycles. The smallest absolute Gasteiger partial charge is 0.228 e. The van der Waals surface area contributed by atoms with Crippen molar-refractivity contribution >= 4 is 17.2 Å². The zero-order valence-corrected chi connectivity index (χ0v) is 15.3. The number of aryl methyl sites for hydroxylation is 2. The average Bonchev–Trinajstić information content (AvgIpc) is 3.00. The van der Waals surface area contributed by atoms with E-state index in [2.05, 4.69) is 36.2 Å². The third-order valence-electron chi connectivity index (χ3n) is 4.46. The molecule has 1 aliphatic heterocycles. The summed E-state index contributed by atoms with van der Waals surface area (Å²) in [5.41, 5.74) is 3.32. The van der Waals surface area contributed by atoms with Gasteiger partial charge in [0.05, 0.1) is 18.6 Å². The number of thiazole rings is 1. The van der Waals surface area contributed by atoms with E-state index in [0.29, 0.717) is 6.54 Å². The van der Waals surface area contributed by atoms with Crippen molar-refractivity contribution in [3.8, 4) is 0 Å². The predicted octanol–water partition coefficient (Wildman–Crippen LogP) is 3.89. The second-order valence-electron chi connectivity index (χ2n) is 6.53. The first-order valence-corrected chi connectivity index (χ1v) is 9.26. The topological polar surface area (TPSA) is 42.4 Å². The van der Waals surface area contributed by atoms with Gasteiger partial charge in [0.25, 0.3) is 0 Å². The van der Waals surface area contributed by atoms with E-state index in [1.807, 2.05) is 19.4 Å². The van der Waals surface area contributed by atoms with E-state index in [1.165, 1.54) is 5.56 Å². The molecule has 1 amide bonds. The van der Waals surface area contributed by atoms with Crippen LogP contribution in [-0.4, -0.2) is 29.4 Å². The van der Waals surface area contributed by atoms with E-state index in [-0.39, 0.29) is 17.9 Å². The molecule has 128 valence electrons. The molecule has 1 saturated heterocycles. The van der Waals surface area contributed by atoms with Crippen LogP contribution in [0.3, 0.4) is 0 Å². The second kappa shape index (κ2) is 7.45. The minimum Gasteiger partial charge on any atom is -0.373 e. The Bertz CT molecular complexity index is 696. The van der Waals surface area contributed by atoms with Crippen molar-refractivity contribution < 1.29 is 9.53 Å². The van der Waals surface area contributed by atoms with Gasteiger partial charge in [-0.15, -0.1) is 11.3 Å². The highest BCUT2D eigenvalue weighted by Gasteiger charge is 2.34. The van der Waals surface area contributed by atoms with Crippen LogP contribution in [-0.2, 0) is 16.1 Å². The summed E-state index contributed by atoms with van der Waals surface area (Å²) in [6.45, 7) is 5.33. The molecular weight excluding hydrogens is 320 g/mol. The largest absolute Gasteiger partial charge is 0.373 e. The fraction of sp³-hybridized carbons (Fsp3) is 0.474. The summed E-state index contributed by atoms with van der Waals surface area (Å²) in [7, 11) is 1.86. The molecular formula is C19H24N2O2S. The molecule has 1 aliphatic rings. The highest BCUT2D eigenvalue weighted by molar-refractivity contribution is 7.09. The maximum absolute atomic E-state index is 13.0. The molecule has 0 N–H and O–H groups in total. The lowest BCUT2D eigenvalue weighted by Crippen LogP contribution is -2.38. The van der Waals surface area contributed by atoms with E-state index in [0.717, 1.165) is 35.7 Å². The Morgan fingerprint density at radius 1 is 1.33 bits per heavy atom. The fourth-order valence-electron chi connectivity index (χ4n) is 3.16. The molecule has 3 rings (SSSR count). The number of rotatable bonds is 4. The Morgan fingerprint density at radius 3 is 2.75 bits per heavy atom. The molecule has 1 aromatic carbocycles. The molecule has 0 radical (unpaired) electrons. The molecule has 0 unspecified atom stereocenters. The van der Waals surface area contributed by atoms with Crippen LogP contribution in [0.1, 0.15) is 40.8 Å². The lowest BCUT2D eigenvalue weighted by Gasteiger charge is -2.33. The lowest BCUT2D eigenvalue weighted by atomic mass is 9.88. The number of nitrogens with zero attached hydrogens (tertiary/aromatic N) is 2. The van der Waals surface area contributed by atoms with Crippen molar-refractivity contribution in [1.29, 1.82) is 0 Å². The number of aromatic nitrogens is 1. The first kappa shape index (κ1) is 17.1. The Morgan fingerprint density at radius 2 is 2.08 bits per heavy atom. The molecule has 1 fully saturated rings. The minimum atomic E-state index is -0.146. The number of amides is 1. The van der Waals surface area contributed by atoms with Gasteiger partial charge in [-0.3, -0.25) is 4.79 Å². The van der Waals surface area contributed by atoms with Crippen molar-refractivity contribution in [3.63, 3.8) is 0 Å². The Balaban J connectivity index is 1.74. The molecule has 2 aromatic rings. The molecule has 0 aliphatic carbocycles. The van der Waals surface area contributed by atoms with Crippen LogP contribution < -0.4 is 0 Å². The number of carbonyl (C=O) groups excluding carboxylic acids is 1. The van der Waals surface area contributed by atoms with E-state index >= 15 is 0 Å². The van der Waals surface area contributed by atoms with Gasteiger partial charge in [-0.25, -0.2) is 4.98 Å². The van der Waals surface area contributed by atoms with Gasteiger partial charge in [-0.1, -0.05) is 29.8 Å². The molecule has 2 heterocycles. The summed E-state index contributed by atoms with van der Waals surface area (Å²) in [4.78, 5) is 19.2. The van der Waals surface area contributed by atoms with Crippen molar-refractivity contribution in [3.05, 3.63) is 51.5 Å². The summed E-state index contributed by atoms with van der Waals surface area (Å²) < 4.78 is 5.98. The fourth-order valence-corrected chi connectivity index (χ4v) is 3.98. The van der Waals surface area contributed by atoms with Crippen molar-refractivity contribution in [2.45, 2.75) is 39.3 Å². The van der Waals surface area contributed by atoms with Crippen molar-refractivity contribution in [2.75, 3.05) is 13.7 Å². The number of benzene rings is 1. The third-order valence-corrected chi connectivity index (χ3v) is 5.41. The molecule has 0 bridgehead atoms. The van der Waals surface area contributed by atoms with Gasteiger partial charge in [0.15, 0.2) is 0 Å². The standard InChI is InChI=1S/C19H24N2O2S/c1-13-6-8-15(9-7-13)18-16(5-4-10-23-18)19(22)21(3)11-17-20-14(2)12-24-17/h6-9,12,16,18H,4-5,10-11H2,1-3H3/t16-,18-/m1/s1. The predicted molar refractivity (Wildman–Crippen MR) is 95.9 cm³/mol. The van der Waals surface area contributed by atoms with E-state index in [1.54, 1.807) is 16.2 Å². The molecule has 5 heteroatoms. The minimum absolute atomic E-state index is 0.118. The van der Waals surface area contributed by atoms with E-state index in [4.69, 9.17) is 4.74 Å². The summed E-state index contributed by atoms with van der Waals surface area (Å²) >= 11 is 1.60. The Kier molecular flexibility index (Phi) is 5.31. The zero-order chi connectivity index (χ0) is 17.1. The van der Waals surface area contributed by atoms with Crippen LogP contribution >= 0.6 is 11.3 Å². The van der Waals surface area contributed by atoms with Gasteiger partial charge < -0.3 is 9.64 Å². The van der Waals surface area contributed by atoms with Gasteiger partial charge in [0, 0.05) is 24.7 Å². The molecule has 0 saturated carbocycles. The van der Waals surface area contributed by atoms with Crippen LogP contribution in [0, 0.1) is 19.8 Å². The highest BCUT2D eigenvalue weighted by atomic mass is 32.1. The first-order valence-electron chi connectivity index (χ1n) is 8.39. The van der Waals surface area contributed by atoms with Crippen molar-refractivity contribution in [2.24, 2.45) is 5.92 Å². The Labute approximate surface area is 147 Å². The average molecular weight is 344 g/mol. The first-order chi connectivity index (χ1) is 11.5. The molecule has 2 atom stereocenters.